The van der Waals surface area contributed by atoms with E-state index in [2.05, 4.69) is 10.2 Å². The van der Waals surface area contributed by atoms with Crippen molar-refractivity contribution in [3.63, 3.8) is 0 Å². The summed E-state index contributed by atoms with van der Waals surface area (Å²) in [5, 5.41) is 5.63. The Balaban J connectivity index is 1.78. The quantitative estimate of drug-likeness (QED) is 0.330. The molecule has 2 N–H and O–H groups in total. The summed E-state index contributed by atoms with van der Waals surface area (Å²) < 4.78 is 164. The fraction of sp³-hybridized carbons (Fsp3) is 0.474. The highest BCUT2D eigenvalue weighted by atomic mass is 19.4. The van der Waals surface area contributed by atoms with E-state index in [0.29, 0.717) is 12.2 Å². The second kappa shape index (κ2) is 6.43. The van der Waals surface area contributed by atoms with E-state index in [9.17, 15) is 52.7 Å². The van der Waals surface area contributed by atoms with E-state index in [-0.39, 0.29) is 0 Å². The smallest absolute Gasteiger partial charge is 0.273 e. The van der Waals surface area contributed by atoms with E-state index in [4.69, 9.17) is 0 Å². The number of hydrogen-bond acceptors (Lipinski definition) is 4. The summed E-state index contributed by atoms with van der Waals surface area (Å²) in [4.78, 5) is 0. The Morgan fingerprint density at radius 1 is 0.600 bits per heavy atom. The molecule has 16 heteroatoms. The van der Waals surface area contributed by atoms with Crippen molar-refractivity contribution in [2.24, 2.45) is 32.9 Å². The van der Waals surface area contributed by atoms with Gasteiger partial charge in [0.25, 0.3) is 0 Å². The summed E-state index contributed by atoms with van der Waals surface area (Å²) in [7, 11) is 0. The fourth-order valence-electron chi connectivity index (χ4n) is 5.55. The first-order chi connectivity index (χ1) is 15.8. The summed E-state index contributed by atoms with van der Waals surface area (Å²) in [5.41, 5.74) is -10.1. The zero-order valence-electron chi connectivity index (χ0n) is 16.6. The van der Waals surface area contributed by atoms with Crippen molar-refractivity contribution >= 4 is 11.4 Å². The van der Waals surface area contributed by atoms with Crippen LogP contribution in [0.3, 0.4) is 0 Å². The Hall–Kier alpha value is -2.94. The molecule has 3 aliphatic carbocycles. The number of nitrogens with zero attached hydrogens (tertiary/aromatic N) is 2. The molecule has 0 amide bonds. The van der Waals surface area contributed by atoms with Gasteiger partial charge < -0.3 is 0 Å². The van der Waals surface area contributed by atoms with Gasteiger partial charge in [-0.05, 0) is 17.6 Å². The fourth-order valence-corrected chi connectivity index (χ4v) is 5.55. The summed E-state index contributed by atoms with van der Waals surface area (Å²) in [6.45, 7) is 0. The van der Waals surface area contributed by atoms with Crippen LogP contribution in [0.4, 0.5) is 52.7 Å². The van der Waals surface area contributed by atoms with Crippen LogP contribution in [0.5, 0.6) is 0 Å². The van der Waals surface area contributed by atoms with Crippen LogP contribution in [-0.4, -0.2) is 36.1 Å². The van der Waals surface area contributed by atoms with Crippen molar-refractivity contribution in [2.45, 2.75) is 31.1 Å². The highest BCUT2D eigenvalue weighted by Gasteiger charge is 2.77. The minimum Gasteiger partial charge on any atom is -0.273 e. The van der Waals surface area contributed by atoms with Crippen LogP contribution in [-0.2, 0) is 0 Å². The van der Waals surface area contributed by atoms with E-state index >= 15 is 0 Å². The first-order valence-corrected chi connectivity index (χ1v) is 9.68. The van der Waals surface area contributed by atoms with Crippen LogP contribution in [0, 0.1) is 22.7 Å². The maximum Gasteiger partial charge on any atom is 0.432 e. The summed E-state index contributed by atoms with van der Waals surface area (Å²) in [6.07, 6.45) is -18.7. The number of hydrazone groups is 2. The predicted octanol–water partition coefficient (Wildman–Crippen LogP) is 5.41. The van der Waals surface area contributed by atoms with Gasteiger partial charge in [0.1, 0.15) is 11.4 Å². The summed E-state index contributed by atoms with van der Waals surface area (Å²) >= 11 is 0. The van der Waals surface area contributed by atoms with Gasteiger partial charge in [0, 0.05) is 10.8 Å². The molecule has 4 nitrogen and oxygen atoms in total. The molecular formula is C19H10F12N4. The highest BCUT2D eigenvalue weighted by molar-refractivity contribution is 5.99. The lowest BCUT2D eigenvalue weighted by Gasteiger charge is -2.43. The van der Waals surface area contributed by atoms with E-state index in [1.807, 2.05) is 0 Å². The Kier molecular flexibility index (Phi) is 4.37. The Labute approximate surface area is 186 Å². The van der Waals surface area contributed by atoms with E-state index in [1.165, 1.54) is 10.9 Å². The molecule has 1 fully saturated rings. The van der Waals surface area contributed by atoms with Crippen LogP contribution < -0.4 is 10.9 Å². The lowest BCUT2D eigenvalue weighted by atomic mass is 9.63. The third kappa shape index (κ3) is 3.09. The summed E-state index contributed by atoms with van der Waals surface area (Å²) in [5.74, 6) is -4.21. The molecule has 190 valence electrons. The SMILES string of the molecule is FC(F)(F)C1=NNC(C(F)(F)F)=C2C1C=CC13CC21C=CC1C(C(F)(F)F)=NNC(C(F)(F)F)=C13. The molecule has 0 aromatic carbocycles. The monoisotopic (exact) mass is 522 g/mol. The minimum absolute atomic E-state index is 0.608. The van der Waals surface area contributed by atoms with Crippen molar-refractivity contribution < 1.29 is 52.7 Å². The number of hydrogen-bond donors (Lipinski definition) is 2. The summed E-state index contributed by atoms with van der Waals surface area (Å²) in [6, 6.07) is 0. The van der Waals surface area contributed by atoms with E-state index in [0.717, 1.165) is 12.2 Å². The van der Waals surface area contributed by atoms with Crippen molar-refractivity contribution in [3.05, 3.63) is 46.8 Å². The number of nitrogens with one attached hydrogen (secondary N) is 2. The van der Waals surface area contributed by atoms with Gasteiger partial charge in [-0.15, -0.1) is 0 Å². The second-order valence-corrected chi connectivity index (χ2v) is 8.58. The Morgan fingerprint density at radius 2 is 0.943 bits per heavy atom. The molecule has 0 radical (unpaired) electrons. The lowest BCUT2D eigenvalue weighted by molar-refractivity contribution is -0.102. The molecule has 5 aliphatic rings. The van der Waals surface area contributed by atoms with Gasteiger partial charge in [-0.1, -0.05) is 24.3 Å². The third-order valence-corrected chi connectivity index (χ3v) is 6.81. The van der Waals surface area contributed by atoms with Gasteiger partial charge in [0.2, 0.25) is 0 Å². The number of rotatable bonds is 0. The zero-order chi connectivity index (χ0) is 26.0. The van der Waals surface area contributed by atoms with Gasteiger partial charge >= 0.3 is 24.7 Å². The van der Waals surface area contributed by atoms with Gasteiger partial charge in [-0.2, -0.15) is 62.9 Å². The number of halogens is 12. The number of fused-ring (bicyclic) bond motifs is 2. The Bertz CT molecular complexity index is 1100. The topological polar surface area (TPSA) is 48.8 Å². The van der Waals surface area contributed by atoms with Gasteiger partial charge in [0.15, 0.2) is 11.4 Å². The molecule has 0 spiro atoms. The van der Waals surface area contributed by atoms with Crippen LogP contribution in [0.15, 0.2) is 57.0 Å². The predicted molar refractivity (Wildman–Crippen MR) is 94.2 cm³/mol. The molecule has 0 saturated heterocycles. The minimum atomic E-state index is -5.28. The molecule has 0 aromatic rings. The van der Waals surface area contributed by atoms with Gasteiger partial charge in [-0.3, -0.25) is 10.9 Å². The zero-order valence-corrected chi connectivity index (χ0v) is 16.6. The van der Waals surface area contributed by atoms with Crippen molar-refractivity contribution in [3.8, 4) is 0 Å². The van der Waals surface area contributed by atoms with Crippen LogP contribution in [0.2, 0.25) is 0 Å². The molecule has 1 saturated carbocycles. The average Bonchev–Trinajstić information content (AvgIpc) is 3.40. The van der Waals surface area contributed by atoms with Crippen molar-refractivity contribution in [1.29, 1.82) is 0 Å². The molecule has 4 atom stereocenters. The molecule has 2 aliphatic heterocycles. The van der Waals surface area contributed by atoms with E-state index < -0.39 is 87.8 Å². The third-order valence-electron chi connectivity index (χ3n) is 6.81. The van der Waals surface area contributed by atoms with Crippen molar-refractivity contribution in [1.82, 2.24) is 10.9 Å². The average molecular weight is 522 g/mol. The van der Waals surface area contributed by atoms with Gasteiger partial charge in [0.05, 0.1) is 11.8 Å². The van der Waals surface area contributed by atoms with Crippen LogP contribution in [0.25, 0.3) is 0 Å². The maximum absolute atomic E-state index is 13.8. The second-order valence-electron chi connectivity index (χ2n) is 8.58. The number of allylic oxidation sites excluding steroid dienone is 8. The first kappa shape index (κ1) is 23.8. The van der Waals surface area contributed by atoms with E-state index in [1.54, 1.807) is 0 Å². The molecule has 0 aromatic heterocycles. The molecule has 2 heterocycles. The molecule has 4 unspecified atom stereocenters. The maximum atomic E-state index is 13.8. The van der Waals surface area contributed by atoms with Crippen LogP contribution >= 0.6 is 0 Å². The van der Waals surface area contributed by atoms with Crippen LogP contribution in [0.1, 0.15) is 6.42 Å². The largest absolute Gasteiger partial charge is 0.432 e. The molecule has 35 heavy (non-hydrogen) atoms. The molecule has 0 bridgehead atoms. The first-order valence-electron chi connectivity index (χ1n) is 9.68. The van der Waals surface area contributed by atoms with Gasteiger partial charge in [-0.25, -0.2) is 0 Å². The molecular weight excluding hydrogens is 512 g/mol. The highest BCUT2D eigenvalue weighted by Crippen LogP contribution is 2.80. The van der Waals surface area contributed by atoms with Crippen molar-refractivity contribution in [2.75, 3.05) is 0 Å². The number of alkyl halides is 12. The molecule has 5 rings (SSSR count). The lowest BCUT2D eigenvalue weighted by Crippen LogP contribution is -2.48. The Morgan fingerprint density at radius 3 is 1.23 bits per heavy atom. The standard InChI is InChI=1S/C19H10F12N4/c20-16(21,22)10-6-1-3-14-5-15(14,8(6)12(34-32-10)18(26,27)28)4-2-7-9(14)13(19(29,30)31)35-33-11(7)17(23,24)25/h1-4,6-7,34-35H,5H2. The normalized spacial score (nSPS) is 34.2.